The standard InChI is InChI=1S/C21H15F3N4O5S/c1-3-32-20(31)16-13-9-34-18(25-17(29)14-8-10(2)33-27-14)15(13)19(30)28(26-16)12-6-4-11(5-7-12)21(22,23)24/h4-9H,3H2,1-2H3,(H,25,29). The molecule has 0 fully saturated rings. The number of hydrogen-bond donors (Lipinski definition) is 1. The largest absolute Gasteiger partial charge is 0.461 e. The lowest BCUT2D eigenvalue weighted by atomic mass is 10.2. The number of thiophene rings is 1. The fourth-order valence-electron chi connectivity index (χ4n) is 3.10. The van der Waals surface area contributed by atoms with Crippen LogP contribution in [0.3, 0.4) is 0 Å². The van der Waals surface area contributed by atoms with E-state index in [1.807, 2.05) is 0 Å². The molecule has 0 spiro atoms. The van der Waals surface area contributed by atoms with Crippen molar-refractivity contribution in [3.8, 4) is 5.69 Å². The first-order valence-electron chi connectivity index (χ1n) is 9.74. The number of nitrogens with zero attached hydrogens (tertiary/aromatic N) is 3. The molecule has 0 atom stereocenters. The summed E-state index contributed by atoms with van der Waals surface area (Å²) in [7, 11) is 0. The average Bonchev–Trinajstić information content (AvgIpc) is 3.40. The van der Waals surface area contributed by atoms with E-state index in [0.717, 1.165) is 40.3 Å². The number of rotatable bonds is 5. The zero-order chi connectivity index (χ0) is 24.6. The summed E-state index contributed by atoms with van der Waals surface area (Å²) in [4.78, 5) is 38.4. The summed E-state index contributed by atoms with van der Waals surface area (Å²) in [6, 6.07) is 5.10. The molecule has 0 bridgehead atoms. The number of halogens is 3. The highest BCUT2D eigenvalue weighted by Gasteiger charge is 2.30. The zero-order valence-corrected chi connectivity index (χ0v) is 18.4. The summed E-state index contributed by atoms with van der Waals surface area (Å²) < 4.78 is 49.5. The molecule has 4 aromatic rings. The highest BCUT2D eigenvalue weighted by atomic mass is 32.1. The molecule has 4 rings (SSSR count). The molecule has 176 valence electrons. The van der Waals surface area contributed by atoms with E-state index >= 15 is 0 Å². The number of esters is 1. The van der Waals surface area contributed by atoms with E-state index in [2.05, 4.69) is 15.6 Å². The van der Waals surface area contributed by atoms with Gasteiger partial charge in [-0.2, -0.15) is 23.0 Å². The lowest BCUT2D eigenvalue weighted by molar-refractivity contribution is -0.137. The van der Waals surface area contributed by atoms with Gasteiger partial charge >= 0.3 is 12.1 Å². The molecular weight excluding hydrogens is 477 g/mol. The van der Waals surface area contributed by atoms with Crippen LogP contribution >= 0.6 is 11.3 Å². The number of carbonyl (C=O) groups is 2. The van der Waals surface area contributed by atoms with Crippen molar-refractivity contribution in [2.75, 3.05) is 11.9 Å². The van der Waals surface area contributed by atoms with Gasteiger partial charge in [0.2, 0.25) is 0 Å². The quantitative estimate of drug-likeness (QED) is 0.415. The van der Waals surface area contributed by atoms with Crippen LogP contribution in [0.1, 0.15) is 39.2 Å². The number of hydrogen-bond acceptors (Lipinski definition) is 8. The van der Waals surface area contributed by atoms with Gasteiger partial charge in [-0.3, -0.25) is 9.59 Å². The van der Waals surface area contributed by atoms with Gasteiger partial charge in [-0.1, -0.05) is 5.16 Å². The highest BCUT2D eigenvalue weighted by Crippen LogP contribution is 2.32. The van der Waals surface area contributed by atoms with E-state index in [0.29, 0.717) is 5.76 Å². The Morgan fingerprint density at radius 2 is 1.94 bits per heavy atom. The van der Waals surface area contributed by atoms with Crippen molar-refractivity contribution in [3.05, 3.63) is 68.8 Å². The van der Waals surface area contributed by atoms with Crippen molar-refractivity contribution < 1.29 is 32.0 Å². The van der Waals surface area contributed by atoms with E-state index in [1.54, 1.807) is 13.8 Å². The number of amides is 1. The van der Waals surface area contributed by atoms with Crippen LogP contribution in [-0.4, -0.2) is 33.4 Å². The summed E-state index contributed by atoms with van der Waals surface area (Å²) in [6.45, 7) is 3.21. The van der Waals surface area contributed by atoms with Crippen molar-refractivity contribution in [3.63, 3.8) is 0 Å². The second kappa shape index (κ2) is 8.74. The van der Waals surface area contributed by atoms with E-state index in [9.17, 15) is 27.6 Å². The summed E-state index contributed by atoms with van der Waals surface area (Å²) in [5, 5.41) is 11.8. The molecule has 34 heavy (non-hydrogen) atoms. The number of anilines is 1. The van der Waals surface area contributed by atoms with Crippen LogP contribution < -0.4 is 10.9 Å². The fourth-order valence-corrected chi connectivity index (χ4v) is 4.03. The predicted octanol–water partition coefficient (Wildman–Crippen LogP) is 4.19. The third-order valence-corrected chi connectivity index (χ3v) is 5.54. The summed E-state index contributed by atoms with van der Waals surface area (Å²) in [6.07, 6.45) is -4.57. The van der Waals surface area contributed by atoms with Crippen molar-refractivity contribution in [2.24, 2.45) is 0 Å². The molecule has 0 unspecified atom stereocenters. The average molecular weight is 492 g/mol. The number of aromatic nitrogens is 3. The lowest BCUT2D eigenvalue weighted by Crippen LogP contribution is -2.25. The topological polar surface area (TPSA) is 116 Å². The summed E-state index contributed by atoms with van der Waals surface area (Å²) >= 11 is 0.966. The SMILES string of the molecule is CCOC(=O)c1nn(-c2ccc(C(F)(F)F)cc2)c(=O)c2c(NC(=O)c3cc(C)on3)scc12. The highest BCUT2D eigenvalue weighted by molar-refractivity contribution is 7.16. The normalized spacial score (nSPS) is 11.6. The molecular formula is C21H15F3N4O5S. The van der Waals surface area contributed by atoms with Crippen LogP contribution in [0.15, 0.2) is 45.0 Å². The molecule has 1 N–H and O–H groups in total. The first kappa shape index (κ1) is 23.2. The van der Waals surface area contributed by atoms with Gasteiger partial charge in [-0.05, 0) is 38.1 Å². The van der Waals surface area contributed by atoms with Crippen LogP contribution in [0.25, 0.3) is 16.5 Å². The van der Waals surface area contributed by atoms with E-state index < -0.39 is 29.2 Å². The summed E-state index contributed by atoms with van der Waals surface area (Å²) in [5.74, 6) is -1.09. The molecule has 0 aliphatic carbocycles. The van der Waals surface area contributed by atoms with E-state index in [1.165, 1.54) is 11.4 Å². The molecule has 0 aliphatic heterocycles. The monoisotopic (exact) mass is 492 g/mol. The van der Waals surface area contributed by atoms with Gasteiger partial charge in [0.05, 0.1) is 23.2 Å². The van der Waals surface area contributed by atoms with Crippen LogP contribution in [-0.2, 0) is 10.9 Å². The maximum Gasteiger partial charge on any atom is 0.416 e. The minimum absolute atomic E-state index is 0.0129. The Kier molecular flexibility index (Phi) is 5.96. The number of nitrogens with one attached hydrogen (secondary N) is 1. The second-order valence-electron chi connectivity index (χ2n) is 6.96. The molecule has 1 aromatic carbocycles. The molecule has 0 radical (unpaired) electrons. The molecule has 3 heterocycles. The molecule has 13 heteroatoms. The van der Waals surface area contributed by atoms with Crippen LogP contribution in [0.5, 0.6) is 0 Å². The Bertz CT molecular complexity index is 1450. The van der Waals surface area contributed by atoms with Gasteiger partial charge in [0.25, 0.3) is 11.5 Å². The smallest absolute Gasteiger partial charge is 0.416 e. The third kappa shape index (κ3) is 4.29. The van der Waals surface area contributed by atoms with Gasteiger partial charge in [-0.15, -0.1) is 11.3 Å². The van der Waals surface area contributed by atoms with Crippen molar-refractivity contribution in [1.29, 1.82) is 0 Å². The zero-order valence-electron chi connectivity index (χ0n) is 17.6. The number of aryl methyl sites for hydroxylation is 1. The molecule has 0 saturated heterocycles. The number of alkyl halides is 3. The van der Waals surface area contributed by atoms with Crippen molar-refractivity contribution >= 4 is 39.0 Å². The molecule has 0 aliphatic rings. The van der Waals surface area contributed by atoms with Gasteiger partial charge in [0.15, 0.2) is 11.4 Å². The number of carbonyl (C=O) groups excluding carboxylic acids is 2. The Morgan fingerprint density at radius 3 is 2.53 bits per heavy atom. The Morgan fingerprint density at radius 1 is 1.24 bits per heavy atom. The van der Waals surface area contributed by atoms with E-state index in [-0.39, 0.29) is 39.5 Å². The minimum Gasteiger partial charge on any atom is -0.461 e. The maximum atomic E-state index is 13.3. The number of benzene rings is 1. The van der Waals surface area contributed by atoms with E-state index in [4.69, 9.17) is 9.26 Å². The fraction of sp³-hybridized carbons (Fsp3) is 0.190. The maximum absolute atomic E-state index is 13.3. The molecule has 0 saturated carbocycles. The number of fused-ring (bicyclic) bond motifs is 1. The Hall–Kier alpha value is -4.00. The van der Waals surface area contributed by atoms with Crippen LogP contribution in [0.2, 0.25) is 0 Å². The van der Waals surface area contributed by atoms with Gasteiger partial charge in [-0.25, -0.2) is 4.79 Å². The Balaban J connectivity index is 1.87. The molecule has 9 nitrogen and oxygen atoms in total. The second-order valence-corrected chi connectivity index (χ2v) is 7.84. The van der Waals surface area contributed by atoms with Gasteiger partial charge in [0, 0.05) is 16.8 Å². The molecule has 3 aromatic heterocycles. The van der Waals surface area contributed by atoms with Gasteiger partial charge in [0.1, 0.15) is 10.8 Å². The lowest BCUT2D eigenvalue weighted by Gasteiger charge is -2.11. The Labute approximate surface area is 192 Å². The minimum atomic E-state index is -4.57. The molecule has 1 amide bonds. The first-order chi connectivity index (χ1) is 16.1. The summed E-state index contributed by atoms with van der Waals surface area (Å²) in [5.41, 5.74) is -1.94. The first-order valence-corrected chi connectivity index (χ1v) is 10.6. The van der Waals surface area contributed by atoms with Crippen molar-refractivity contribution in [2.45, 2.75) is 20.0 Å². The van der Waals surface area contributed by atoms with Crippen molar-refractivity contribution in [1.82, 2.24) is 14.9 Å². The van der Waals surface area contributed by atoms with Crippen LogP contribution in [0.4, 0.5) is 18.2 Å². The number of ether oxygens (including phenoxy) is 1. The van der Waals surface area contributed by atoms with Crippen LogP contribution in [0, 0.1) is 6.92 Å². The predicted molar refractivity (Wildman–Crippen MR) is 115 cm³/mol. The third-order valence-electron chi connectivity index (χ3n) is 4.65. The van der Waals surface area contributed by atoms with Gasteiger partial charge < -0.3 is 14.6 Å².